The number of nitrogens with zero attached hydrogens (tertiary/aromatic N) is 1. The molecular formula is C106H118Cl6N6O9. The van der Waals surface area contributed by atoms with E-state index in [1.165, 1.54) is 89.0 Å². The smallest absolute Gasteiger partial charge is 0.216 e. The highest BCUT2D eigenvalue weighted by molar-refractivity contribution is 6.38. The van der Waals surface area contributed by atoms with E-state index in [2.05, 4.69) is 182 Å². The molecule has 0 radical (unpaired) electrons. The lowest BCUT2D eigenvalue weighted by Crippen LogP contribution is -2.21. The minimum atomic E-state index is 0.00936. The number of ether oxygens (including phenoxy) is 8. The number of halogens is 6. The van der Waals surface area contributed by atoms with Crippen molar-refractivity contribution in [2.75, 3.05) is 86.6 Å². The maximum Gasteiger partial charge on any atom is 0.216 e. The molecule has 0 aliphatic rings. The van der Waals surface area contributed by atoms with E-state index in [0.717, 1.165) is 102 Å². The predicted octanol–water partition coefficient (Wildman–Crippen LogP) is 24.7. The average Bonchev–Trinajstić information content (AvgIpc) is 0.797. The first-order valence-corrected chi connectivity index (χ1v) is 45.2. The van der Waals surface area contributed by atoms with Gasteiger partial charge in [-0.1, -0.05) is 216 Å². The van der Waals surface area contributed by atoms with Crippen LogP contribution in [0.15, 0.2) is 237 Å². The zero-order valence-corrected chi connectivity index (χ0v) is 78.9. The van der Waals surface area contributed by atoms with Gasteiger partial charge in [-0.05, 0) is 297 Å². The van der Waals surface area contributed by atoms with Crippen molar-refractivity contribution in [2.45, 2.75) is 125 Å². The van der Waals surface area contributed by atoms with E-state index >= 15 is 0 Å². The number of aromatic nitrogens is 1. The Kier molecular flexibility index (Phi) is 39.3. The molecule has 3 atom stereocenters. The molecule has 8 N–H and O–H groups in total. The number of allylic oxidation sites excluding steroid dienone is 1. The standard InChI is InChI=1S/C36H40Cl2N2O3.C35H40Cl2N2O4.C35H38Cl2N2O2/c1-24-19-34(37)36(35(38)20-24)43-18-17-42-31-13-10-27(11-14-31)22-30(23-39)32-15-12-29(21-25(32)2)33-9-5-4-7-28(33)8-6-16-40-26(3)41;1-23-16-32(36)35(33(37)17-23)43-15-14-42-29-10-7-25(8-11-29)19-28(21-38)30-12-9-27(18-24(30)2)31-22-39-34(41-4)20-26(31)6-5-13-40-3;1-23(2)39-22-28-7-5-6-8-32(28)27-11-14-31(25(4)19-27)29(21-38)20-26-9-12-30(13-10-26)40-15-16-41-35-33(36)17-24(3)18-34(35)37/h4-5,7,9-15,19-21,30H,6,8,16-18,22-23,39H2,1-3H3,(H,40,41);7-12,16-18,20,22,28H,5-6,13-15,19,21,38H2,1-4H3;5-14,17-19,29,39H,1,15-16,20-22,38H2,2-4H3. The van der Waals surface area contributed by atoms with Gasteiger partial charge in [0, 0.05) is 75.0 Å². The number of amides is 1. The highest BCUT2D eigenvalue weighted by Gasteiger charge is 2.22. The Hall–Kier alpha value is -10.2. The van der Waals surface area contributed by atoms with Gasteiger partial charge in [0.05, 0.1) is 37.2 Å². The second-order valence-corrected chi connectivity index (χ2v) is 34.3. The van der Waals surface area contributed by atoms with Gasteiger partial charge < -0.3 is 65.7 Å². The fraction of sp³-hybridized carbons (Fsp3) is 0.302. The average molecular weight is 1830 g/mol. The first-order chi connectivity index (χ1) is 61.3. The molecular weight excluding hydrogens is 1710 g/mol. The second kappa shape index (κ2) is 50.5. The quantitative estimate of drug-likeness (QED) is 0.0226. The summed E-state index contributed by atoms with van der Waals surface area (Å²) in [6.07, 6.45) is 8.04. The SMILES string of the molecule is C=C(C)NCc1ccccc1-c1ccc(C(CN)Cc2ccc(OCCOc3c(Cl)cc(C)cc3Cl)cc2)c(C)c1.CC(=O)NCCCc1ccccc1-c1ccc(C(CN)Cc2ccc(OCCOc3c(Cl)cc(C)cc3Cl)cc2)c(C)c1.COCCCc1cc(OC)ncc1-c1ccc(C(CN)Cc2ccc(OCCOc3c(Cl)cc(C)cc3Cl)cc2)c(C)c1. The predicted molar refractivity (Wildman–Crippen MR) is 525 cm³/mol. The minimum absolute atomic E-state index is 0.00936. The van der Waals surface area contributed by atoms with Crippen molar-refractivity contribution < 1.29 is 42.7 Å². The summed E-state index contributed by atoms with van der Waals surface area (Å²) in [5.41, 5.74) is 44.7. The number of hydrogen-bond acceptors (Lipinski definition) is 14. The monoisotopic (exact) mass is 1830 g/mol. The summed E-state index contributed by atoms with van der Waals surface area (Å²) in [7, 11) is 3.37. The second-order valence-electron chi connectivity index (χ2n) is 31.8. The summed E-state index contributed by atoms with van der Waals surface area (Å²) >= 11 is 37.5. The van der Waals surface area contributed by atoms with Crippen LogP contribution in [0.4, 0.5) is 0 Å². The number of aryl methyl sites for hydroxylation is 8. The molecule has 0 spiro atoms. The molecule has 3 unspecified atom stereocenters. The van der Waals surface area contributed by atoms with Crippen LogP contribution in [-0.2, 0) is 48.2 Å². The molecule has 15 nitrogen and oxygen atoms in total. The van der Waals surface area contributed by atoms with Crippen molar-refractivity contribution in [2.24, 2.45) is 17.2 Å². The summed E-state index contributed by atoms with van der Waals surface area (Å²) < 4.78 is 45.5. The summed E-state index contributed by atoms with van der Waals surface area (Å²) in [6.45, 7) is 25.7. The van der Waals surface area contributed by atoms with E-state index < -0.39 is 0 Å². The summed E-state index contributed by atoms with van der Waals surface area (Å²) in [5, 5.41) is 9.21. The number of hydrogen-bond donors (Lipinski definition) is 5. The van der Waals surface area contributed by atoms with E-state index in [9.17, 15) is 4.79 Å². The molecule has 0 saturated heterocycles. The third-order valence-electron chi connectivity index (χ3n) is 21.9. The van der Waals surface area contributed by atoms with Crippen LogP contribution in [0.3, 0.4) is 0 Å². The normalized spacial score (nSPS) is 11.7. The van der Waals surface area contributed by atoms with Crippen LogP contribution in [0.5, 0.6) is 40.4 Å². The number of carbonyl (C=O) groups is 1. The molecule has 12 aromatic rings. The van der Waals surface area contributed by atoms with Gasteiger partial charge in [0.2, 0.25) is 11.8 Å². The highest BCUT2D eigenvalue weighted by Crippen LogP contribution is 2.40. The number of nitrogens with two attached hydrogens (primary N) is 3. The van der Waals surface area contributed by atoms with Gasteiger partial charge in [-0.15, -0.1) is 0 Å². The van der Waals surface area contributed by atoms with Crippen molar-refractivity contribution in [3.63, 3.8) is 0 Å². The molecule has 1 heterocycles. The fourth-order valence-corrected chi connectivity index (χ4v) is 17.6. The Bertz CT molecular complexity index is 5510. The molecule has 668 valence electrons. The van der Waals surface area contributed by atoms with Crippen molar-refractivity contribution in [3.8, 4) is 73.8 Å². The molecule has 0 saturated carbocycles. The summed E-state index contributed by atoms with van der Waals surface area (Å²) in [5.74, 6) is 5.00. The summed E-state index contributed by atoms with van der Waals surface area (Å²) in [6, 6.07) is 74.4. The van der Waals surface area contributed by atoms with Crippen LogP contribution in [0.2, 0.25) is 30.1 Å². The minimum Gasteiger partial charge on any atom is -0.490 e. The lowest BCUT2D eigenvalue weighted by molar-refractivity contribution is -0.118. The molecule has 127 heavy (non-hydrogen) atoms. The number of pyridine rings is 1. The van der Waals surface area contributed by atoms with Gasteiger partial charge >= 0.3 is 0 Å². The molecule has 0 bridgehead atoms. The Balaban J connectivity index is 0.000000199. The Morgan fingerprint density at radius 3 is 1.09 bits per heavy atom. The number of carbonyl (C=O) groups excluding carboxylic acids is 1. The molecule has 1 amide bonds. The molecule has 0 aliphatic heterocycles. The van der Waals surface area contributed by atoms with E-state index in [4.69, 9.17) is 125 Å². The van der Waals surface area contributed by atoms with Crippen LogP contribution in [-0.4, -0.2) is 97.5 Å². The number of nitrogens with one attached hydrogen (secondary N) is 2. The van der Waals surface area contributed by atoms with Crippen molar-refractivity contribution in [1.82, 2.24) is 15.6 Å². The van der Waals surface area contributed by atoms with Crippen LogP contribution in [0, 0.1) is 41.5 Å². The Labute approximate surface area is 780 Å². The van der Waals surface area contributed by atoms with Gasteiger partial charge in [-0.3, -0.25) is 4.79 Å². The maximum atomic E-state index is 11.2. The number of methoxy groups -OCH3 is 2. The van der Waals surface area contributed by atoms with E-state index in [0.29, 0.717) is 126 Å². The van der Waals surface area contributed by atoms with Gasteiger partial charge in [0.15, 0.2) is 17.2 Å². The van der Waals surface area contributed by atoms with Crippen molar-refractivity contribution in [3.05, 3.63) is 350 Å². The third-order valence-corrected chi connectivity index (χ3v) is 23.6. The molecule has 11 aromatic carbocycles. The zero-order chi connectivity index (χ0) is 90.9. The van der Waals surface area contributed by atoms with Gasteiger partial charge in [0.1, 0.15) is 56.9 Å². The molecule has 21 heteroatoms. The van der Waals surface area contributed by atoms with E-state index in [-0.39, 0.29) is 23.7 Å². The number of benzene rings is 11. The molecule has 1 aromatic heterocycles. The van der Waals surface area contributed by atoms with E-state index in [1.54, 1.807) is 21.1 Å². The fourth-order valence-electron chi connectivity index (χ4n) is 15.5. The lowest BCUT2D eigenvalue weighted by atomic mass is 9.87. The van der Waals surface area contributed by atoms with Gasteiger partial charge in [0.25, 0.3) is 0 Å². The molecule has 0 fully saturated rings. The van der Waals surface area contributed by atoms with Crippen molar-refractivity contribution in [1.29, 1.82) is 0 Å². The van der Waals surface area contributed by atoms with Crippen LogP contribution in [0.25, 0.3) is 33.4 Å². The first-order valence-electron chi connectivity index (χ1n) is 43.0. The third kappa shape index (κ3) is 29.9. The van der Waals surface area contributed by atoms with Gasteiger partial charge in [-0.25, -0.2) is 4.98 Å². The molecule has 12 rings (SSSR count). The van der Waals surface area contributed by atoms with Crippen LogP contribution >= 0.6 is 69.6 Å². The highest BCUT2D eigenvalue weighted by atomic mass is 35.5. The molecule has 0 aliphatic carbocycles. The Morgan fingerprint density at radius 1 is 0.394 bits per heavy atom. The Morgan fingerprint density at radius 2 is 0.740 bits per heavy atom. The number of rotatable bonds is 42. The van der Waals surface area contributed by atoms with E-state index in [1.807, 2.05) is 113 Å². The largest absolute Gasteiger partial charge is 0.490 e. The van der Waals surface area contributed by atoms with Crippen LogP contribution < -0.4 is 61.0 Å². The lowest BCUT2D eigenvalue weighted by Gasteiger charge is -2.20. The maximum absolute atomic E-state index is 11.2. The first kappa shape index (κ1) is 98.9. The van der Waals surface area contributed by atoms with Crippen LogP contribution in [0.1, 0.15) is 128 Å². The van der Waals surface area contributed by atoms with Gasteiger partial charge in [-0.2, -0.15) is 0 Å². The topological polar surface area (TPSA) is 206 Å². The summed E-state index contributed by atoms with van der Waals surface area (Å²) in [4.78, 5) is 15.7. The zero-order valence-electron chi connectivity index (χ0n) is 74.4. The van der Waals surface area contributed by atoms with Crippen molar-refractivity contribution >= 4 is 75.5 Å².